The SMILES string of the molecule is CC(C)(C)OC(=O)n1ncc2cccc(Cl)c21. The van der Waals surface area contributed by atoms with Crippen LogP contribution >= 0.6 is 11.6 Å². The topological polar surface area (TPSA) is 44.1 Å². The molecule has 0 atom stereocenters. The second-order valence-corrected chi connectivity index (χ2v) is 5.12. The van der Waals surface area contributed by atoms with Gasteiger partial charge in [-0.25, -0.2) is 4.79 Å². The molecule has 5 heteroatoms. The minimum Gasteiger partial charge on any atom is -0.442 e. The molecular formula is C12H13ClN2O2. The highest BCUT2D eigenvalue weighted by atomic mass is 35.5. The summed E-state index contributed by atoms with van der Waals surface area (Å²) >= 11 is 6.05. The first-order valence-corrected chi connectivity index (χ1v) is 5.62. The van der Waals surface area contributed by atoms with Crippen LogP contribution < -0.4 is 0 Å². The average molecular weight is 253 g/mol. The predicted octanol–water partition coefficient (Wildman–Crippen LogP) is 3.47. The zero-order valence-electron chi connectivity index (χ0n) is 9.90. The second kappa shape index (κ2) is 4.04. The predicted molar refractivity (Wildman–Crippen MR) is 66.4 cm³/mol. The summed E-state index contributed by atoms with van der Waals surface area (Å²) in [5.41, 5.74) is 0.0137. The van der Waals surface area contributed by atoms with E-state index in [0.717, 1.165) is 5.39 Å². The minimum absolute atomic E-state index is 0.478. The van der Waals surface area contributed by atoms with Gasteiger partial charge in [0.2, 0.25) is 0 Å². The van der Waals surface area contributed by atoms with Gasteiger partial charge in [0.25, 0.3) is 0 Å². The van der Waals surface area contributed by atoms with Crippen LogP contribution in [0.2, 0.25) is 5.02 Å². The average Bonchev–Trinajstić information content (AvgIpc) is 2.60. The molecule has 1 heterocycles. The Kier molecular flexibility index (Phi) is 2.83. The van der Waals surface area contributed by atoms with Gasteiger partial charge in [0.05, 0.1) is 16.7 Å². The highest BCUT2D eigenvalue weighted by Gasteiger charge is 2.20. The van der Waals surface area contributed by atoms with Gasteiger partial charge in [-0.15, -0.1) is 0 Å². The van der Waals surface area contributed by atoms with Crippen LogP contribution in [0, 0.1) is 0 Å². The fourth-order valence-electron chi connectivity index (χ4n) is 1.48. The van der Waals surface area contributed by atoms with Crippen molar-refractivity contribution in [3.63, 3.8) is 0 Å². The maximum Gasteiger partial charge on any atom is 0.435 e. The number of para-hydroxylation sites is 1. The Labute approximate surface area is 104 Å². The van der Waals surface area contributed by atoms with Crippen molar-refractivity contribution in [2.24, 2.45) is 0 Å². The molecule has 0 bridgehead atoms. The Morgan fingerprint density at radius 3 is 2.76 bits per heavy atom. The van der Waals surface area contributed by atoms with E-state index < -0.39 is 11.7 Å². The first kappa shape index (κ1) is 11.9. The Bertz CT molecular complexity index is 569. The number of benzene rings is 1. The van der Waals surface area contributed by atoms with E-state index in [-0.39, 0.29) is 0 Å². The van der Waals surface area contributed by atoms with Crippen molar-refractivity contribution < 1.29 is 9.53 Å². The van der Waals surface area contributed by atoms with E-state index in [0.29, 0.717) is 10.5 Å². The Balaban J connectivity index is 2.46. The number of rotatable bonds is 0. The third kappa shape index (κ3) is 2.42. The quantitative estimate of drug-likeness (QED) is 0.721. The molecule has 0 saturated carbocycles. The number of aromatic nitrogens is 2. The third-order valence-electron chi connectivity index (χ3n) is 2.11. The van der Waals surface area contributed by atoms with Gasteiger partial charge in [-0.3, -0.25) is 0 Å². The highest BCUT2D eigenvalue weighted by molar-refractivity contribution is 6.35. The summed E-state index contributed by atoms with van der Waals surface area (Å²) in [7, 11) is 0. The van der Waals surface area contributed by atoms with Crippen LogP contribution in [0.4, 0.5) is 4.79 Å². The van der Waals surface area contributed by atoms with E-state index in [2.05, 4.69) is 5.10 Å². The van der Waals surface area contributed by atoms with Crippen LogP contribution in [0.15, 0.2) is 24.4 Å². The lowest BCUT2D eigenvalue weighted by Gasteiger charge is -2.19. The molecule has 1 aromatic carbocycles. The smallest absolute Gasteiger partial charge is 0.435 e. The van der Waals surface area contributed by atoms with Crippen LogP contribution in [-0.2, 0) is 4.74 Å². The van der Waals surface area contributed by atoms with Crippen molar-refractivity contribution in [2.45, 2.75) is 26.4 Å². The molecule has 0 amide bonds. The van der Waals surface area contributed by atoms with Gasteiger partial charge in [0.1, 0.15) is 5.60 Å². The molecule has 0 aliphatic carbocycles. The zero-order valence-corrected chi connectivity index (χ0v) is 10.7. The summed E-state index contributed by atoms with van der Waals surface area (Å²) in [6.07, 6.45) is 1.06. The van der Waals surface area contributed by atoms with Crippen LogP contribution in [0.1, 0.15) is 20.8 Å². The molecule has 0 spiro atoms. The number of hydrogen-bond acceptors (Lipinski definition) is 3. The van der Waals surface area contributed by atoms with Crippen LogP contribution in [-0.4, -0.2) is 21.5 Å². The first-order valence-electron chi connectivity index (χ1n) is 5.24. The Morgan fingerprint density at radius 1 is 1.41 bits per heavy atom. The van der Waals surface area contributed by atoms with Gasteiger partial charge >= 0.3 is 6.09 Å². The summed E-state index contributed by atoms with van der Waals surface area (Å²) in [4.78, 5) is 11.9. The number of carbonyl (C=O) groups is 1. The molecule has 90 valence electrons. The number of ether oxygens (including phenoxy) is 1. The lowest BCUT2D eigenvalue weighted by molar-refractivity contribution is 0.0523. The van der Waals surface area contributed by atoms with Crippen molar-refractivity contribution in [1.82, 2.24) is 9.78 Å². The first-order chi connectivity index (χ1) is 7.88. The van der Waals surface area contributed by atoms with Crippen LogP contribution in [0.25, 0.3) is 10.9 Å². The lowest BCUT2D eigenvalue weighted by Crippen LogP contribution is -2.27. The summed E-state index contributed by atoms with van der Waals surface area (Å²) in [6.45, 7) is 5.41. The van der Waals surface area contributed by atoms with Crippen molar-refractivity contribution in [3.05, 3.63) is 29.4 Å². The van der Waals surface area contributed by atoms with Gasteiger partial charge in [-0.2, -0.15) is 9.78 Å². The second-order valence-electron chi connectivity index (χ2n) is 4.71. The fourth-order valence-corrected chi connectivity index (χ4v) is 1.74. The normalized spacial score (nSPS) is 11.8. The summed E-state index contributed by atoms with van der Waals surface area (Å²) in [5.74, 6) is 0. The summed E-state index contributed by atoms with van der Waals surface area (Å²) in [6, 6.07) is 5.37. The molecule has 0 radical (unpaired) electrons. The number of carbonyl (C=O) groups excluding carboxylic acids is 1. The molecule has 4 nitrogen and oxygen atoms in total. The molecule has 0 fully saturated rings. The van der Waals surface area contributed by atoms with Crippen molar-refractivity contribution in [2.75, 3.05) is 0 Å². The van der Waals surface area contributed by atoms with Gasteiger partial charge in [0, 0.05) is 5.39 Å². The number of hydrogen-bond donors (Lipinski definition) is 0. The largest absolute Gasteiger partial charge is 0.442 e. The Morgan fingerprint density at radius 2 is 2.12 bits per heavy atom. The fraction of sp³-hybridized carbons (Fsp3) is 0.333. The molecule has 2 aromatic rings. The summed E-state index contributed by atoms with van der Waals surface area (Å²) in [5, 5.41) is 5.28. The number of nitrogens with zero attached hydrogens (tertiary/aromatic N) is 2. The molecule has 0 aliphatic heterocycles. The minimum atomic E-state index is -0.559. The van der Waals surface area contributed by atoms with E-state index in [1.54, 1.807) is 33.0 Å². The molecule has 0 unspecified atom stereocenters. The molecule has 0 saturated heterocycles. The van der Waals surface area contributed by atoms with Gasteiger partial charge < -0.3 is 4.74 Å². The van der Waals surface area contributed by atoms with Crippen LogP contribution in [0.5, 0.6) is 0 Å². The van der Waals surface area contributed by atoms with E-state index >= 15 is 0 Å². The van der Waals surface area contributed by atoms with E-state index in [9.17, 15) is 4.79 Å². The maximum absolute atomic E-state index is 11.9. The zero-order chi connectivity index (χ0) is 12.6. The molecule has 0 N–H and O–H groups in total. The van der Waals surface area contributed by atoms with Crippen molar-refractivity contribution >= 4 is 28.6 Å². The Hall–Kier alpha value is -1.55. The van der Waals surface area contributed by atoms with Crippen molar-refractivity contribution in [1.29, 1.82) is 0 Å². The lowest BCUT2D eigenvalue weighted by atomic mass is 10.2. The third-order valence-corrected chi connectivity index (χ3v) is 2.41. The van der Waals surface area contributed by atoms with E-state index in [1.807, 2.05) is 12.1 Å². The van der Waals surface area contributed by atoms with E-state index in [1.165, 1.54) is 4.68 Å². The molecule has 2 rings (SSSR count). The highest BCUT2D eigenvalue weighted by Crippen LogP contribution is 2.23. The summed E-state index contributed by atoms with van der Waals surface area (Å²) < 4.78 is 6.43. The maximum atomic E-state index is 11.9. The van der Waals surface area contributed by atoms with Crippen molar-refractivity contribution in [3.8, 4) is 0 Å². The molecule has 0 aliphatic rings. The van der Waals surface area contributed by atoms with Gasteiger partial charge in [-0.05, 0) is 26.8 Å². The van der Waals surface area contributed by atoms with Crippen LogP contribution in [0.3, 0.4) is 0 Å². The standard InChI is InChI=1S/C12H13ClN2O2/c1-12(2,3)17-11(16)15-10-8(7-14-15)5-4-6-9(10)13/h4-7H,1-3H3. The molecule has 1 aromatic heterocycles. The monoisotopic (exact) mass is 252 g/mol. The van der Waals surface area contributed by atoms with E-state index in [4.69, 9.17) is 16.3 Å². The number of halogens is 1. The van der Waals surface area contributed by atoms with Gasteiger partial charge in [-0.1, -0.05) is 23.7 Å². The molecular weight excluding hydrogens is 240 g/mol. The van der Waals surface area contributed by atoms with Gasteiger partial charge in [0.15, 0.2) is 0 Å². The number of fused-ring (bicyclic) bond motifs is 1. The molecule has 17 heavy (non-hydrogen) atoms.